The van der Waals surface area contributed by atoms with Crippen molar-refractivity contribution < 1.29 is 28.7 Å². The lowest BCUT2D eigenvalue weighted by Gasteiger charge is -2.32. The summed E-state index contributed by atoms with van der Waals surface area (Å²) in [6, 6.07) is 14.7. The first-order valence-electron chi connectivity index (χ1n) is 14.9. The average molecular weight is 579 g/mol. The molecule has 7 heteroatoms. The third-order valence-electron chi connectivity index (χ3n) is 8.12. The largest absolute Gasteiger partial charge is 0.466 e. The molecule has 0 unspecified atom stereocenters. The second-order valence-electron chi connectivity index (χ2n) is 10.9. The molecule has 1 fully saturated rings. The van der Waals surface area contributed by atoms with Crippen LogP contribution in [0, 0.1) is 5.92 Å². The van der Waals surface area contributed by atoms with E-state index in [1.54, 1.807) is 31.2 Å². The number of fused-ring (bicyclic) bond motifs is 1. The van der Waals surface area contributed by atoms with Gasteiger partial charge in [0, 0.05) is 29.0 Å². The maximum atomic E-state index is 13.7. The van der Waals surface area contributed by atoms with Crippen molar-refractivity contribution in [1.29, 1.82) is 0 Å². The zero-order valence-corrected chi connectivity index (χ0v) is 24.5. The first-order chi connectivity index (χ1) is 19.9. The zero-order valence-electron chi connectivity index (χ0n) is 23.8. The summed E-state index contributed by atoms with van der Waals surface area (Å²) in [5.41, 5.74) is 2.26. The van der Waals surface area contributed by atoms with Crippen molar-refractivity contribution in [1.82, 2.24) is 0 Å². The third-order valence-corrected chi connectivity index (χ3v) is 8.37. The molecule has 0 atom stereocenters. The molecule has 2 aliphatic carbocycles. The topological polar surface area (TPSA) is 86.7 Å². The Morgan fingerprint density at radius 3 is 1.88 bits per heavy atom. The van der Waals surface area contributed by atoms with Gasteiger partial charge in [0.25, 0.3) is 0 Å². The summed E-state index contributed by atoms with van der Waals surface area (Å²) >= 11 is 6.06. The molecule has 4 rings (SSSR count). The molecule has 0 aromatic heterocycles. The normalized spacial score (nSPS) is 18.7. The van der Waals surface area contributed by atoms with E-state index in [0.29, 0.717) is 47.1 Å². The van der Waals surface area contributed by atoms with Crippen LogP contribution in [0.15, 0.2) is 59.9 Å². The van der Waals surface area contributed by atoms with Gasteiger partial charge in [-0.1, -0.05) is 73.7 Å². The number of rotatable bonds is 13. The number of esters is 2. The van der Waals surface area contributed by atoms with Crippen molar-refractivity contribution in [3.8, 4) is 0 Å². The Balaban J connectivity index is 1.35. The second-order valence-corrected chi connectivity index (χ2v) is 11.4. The van der Waals surface area contributed by atoms with Crippen LogP contribution in [-0.2, 0) is 19.1 Å². The highest BCUT2D eigenvalue weighted by Gasteiger charge is 2.39. The van der Waals surface area contributed by atoms with Crippen LogP contribution in [0.4, 0.5) is 0 Å². The smallest absolute Gasteiger partial charge is 0.311 e. The highest BCUT2D eigenvalue weighted by molar-refractivity contribution is 6.30. The van der Waals surface area contributed by atoms with Crippen molar-refractivity contribution in [2.45, 2.75) is 89.9 Å². The van der Waals surface area contributed by atoms with Gasteiger partial charge >= 0.3 is 11.9 Å². The molecule has 218 valence electrons. The Labute approximate surface area is 247 Å². The Bertz CT molecular complexity index is 1270. The minimum atomic E-state index is -0.477. The molecule has 41 heavy (non-hydrogen) atoms. The molecule has 0 bridgehead atoms. The molecule has 0 spiro atoms. The zero-order chi connectivity index (χ0) is 29.2. The molecule has 0 N–H and O–H groups in total. The maximum absolute atomic E-state index is 13.7. The van der Waals surface area contributed by atoms with Crippen LogP contribution in [0.1, 0.15) is 116 Å². The van der Waals surface area contributed by atoms with Gasteiger partial charge < -0.3 is 9.47 Å². The van der Waals surface area contributed by atoms with E-state index in [9.17, 15) is 19.2 Å². The lowest BCUT2D eigenvalue weighted by atomic mass is 9.72. The van der Waals surface area contributed by atoms with Crippen LogP contribution in [0.2, 0.25) is 5.02 Å². The summed E-state index contributed by atoms with van der Waals surface area (Å²) in [7, 11) is 0. The molecule has 0 heterocycles. The number of Topliss-reactive ketones (excluding diaryl/α,β-unsaturated/α-hetero) is 2. The van der Waals surface area contributed by atoms with Crippen LogP contribution in [-0.4, -0.2) is 30.1 Å². The van der Waals surface area contributed by atoms with Gasteiger partial charge in [-0.2, -0.15) is 0 Å². The first-order valence-corrected chi connectivity index (χ1v) is 15.3. The second kappa shape index (κ2) is 15.1. The fourth-order valence-corrected chi connectivity index (χ4v) is 6.06. The summed E-state index contributed by atoms with van der Waals surface area (Å²) in [6.07, 6.45) is 9.02. The number of carbonyl (C=O) groups is 4. The summed E-state index contributed by atoms with van der Waals surface area (Å²) < 4.78 is 10.7. The van der Waals surface area contributed by atoms with Gasteiger partial charge in [-0.25, -0.2) is 0 Å². The standard InChI is InChI=1S/C34H39ClO6/c1-2-40-29(36)13-7-5-3-4-6-8-14-30(37)41-34-31(32(38)27-11-9-10-12-28(27)33(34)39)25-17-15-23(16-18-25)24-19-21-26(35)22-20-24/h9-12,19-23,25H,2-8,13-18H2,1H3. The Morgan fingerprint density at radius 2 is 1.27 bits per heavy atom. The summed E-state index contributed by atoms with van der Waals surface area (Å²) in [5.74, 6) is -1.08. The van der Waals surface area contributed by atoms with Crippen LogP contribution in [0.5, 0.6) is 0 Å². The van der Waals surface area contributed by atoms with E-state index in [2.05, 4.69) is 12.1 Å². The highest BCUT2D eigenvalue weighted by atomic mass is 35.5. The molecule has 6 nitrogen and oxygen atoms in total. The molecule has 0 saturated heterocycles. The number of hydrogen-bond acceptors (Lipinski definition) is 6. The number of ketones is 2. The Hall–Kier alpha value is -3.25. The van der Waals surface area contributed by atoms with E-state index >= 15 is 0 Å². The SMILES string of the molecule is CCOC(=O)CCCCCCCCC(=O)OC1=C(C2CCC(c3ccc(Cl)cc3)CC2)C(=O)c2ccccc2C1=O. The van der Waals surface area contributed by atoms with Gasteiger partial charge in [-0.15, -0.1) is 0 Å². The third kappa shape index (κ3) is 8.16. The predicted octanol–water partition coefficient (Wildman–Crippen LogP) is 8.17. The van der Waals surface area contributed by atoms with Gasteiger partial charge in [0.05, 0.1) is 12.2 Å². The fraction of sp³-hybridized carbons (Fsp3) is 0.471. The molecule has 0 aliphatic heterocycles. The summed E-state index contributed by atoms with van der Waals surface area (Å²) in [6.45, 7) is 2.21. The predicted molar refractivity (Wildman–Crippen MR) is 158 cm³/mol. The lowest BCUT2D eigenvalue weighted by Crippen LogP contribution is -2.30. The number of benzene rings is 2. The monoisotopic (exact) mass is 578 g/mol. The quantitative estimate of drug-likeness (QED) is 0.176. The number of halogens is 1. The minimum absolute atomic E-state index is 0.0763. The first kappa shape index (κ1) is 30.7. The van der Waals surface area contributed by atoms with Gasteiger partial charge in [0.2, 0.25) is 5.78 Å². The minimum Gasteiger partial charge on any atom is -0.466 e. The number of allylic oxidation sites excluding steroid dienone is 2. The van der Waals surface area contributed by atoms with E-state index in [-0.39, 0.29) is 35.6 Å². The molecular weight excluding hydrogens is 540 g/mol. The van der Waals surface area contributed by atoms with Gasteiger partial charge in [-0.05, 0) is 75.0 Å². The van der Waals surface area contributed by atoms with Crippen molar-refractivity contribution in [3.63, 3.8) is 0 Å². The number of carbonyl (C=O) groups excluding carboxylic acids is 4. The van der Waals surface area contributed by atoms with Gasteiger partial charge in [0.15, 0.2) is 11.5 Å². The van der Waals surface area contributed by atoms with E-state index in [1.165, 1.54) is 5.56 Å². The van der Waals surface area contributed by atoms with E-state index in [4.69, 9.17) is 21.1 Å². The highest BCUT2D eigenvalue weighted by Crippen LogP contribution is 2.42. The number of unbranched alkanes of at least 4 members (excludes halogenated alkanes) is 5. The van der Waals surface area contributed by atoms with Crippen molar-refractivity contribution >= 4 is 35.1 Å². The molecule has 2 aromatic carbocycles. The maximum Gasteiger partial charge on any atom is 0.311 e. The van der Waals surface area contributed by atoms with Gasteiger partial charge in [-0.3, -0.25) is 19.2 Å². The van der Waals surface area contributed by atoms with Crippen LogP contribution in [0.25, 0.3) is 0 Å². The molecule has 0 radical (unpaired) electrons. The molecule has 2 aliphatic rings. The van der Waals surface area contributed by atoms with Crippen LogP contribution < -0.4 is 0 Å². The summed E-state index contributed by atoms with van der Waals surface area (Å²) in [5, 5.41) is 0.704. The van der Waals surface area contributed by atoms with Gasteiger partial charge in [0.1, 0.15) is 0 Å². The Kier molecular flexibility index (Phi) is 11.3. The molecule has 2 aromatic rings. The summed E-state index contributed by atoms with van der Waals surface area (Å²) in [4.78, 5) is 51.4. The number of ether oxygens (including phenoxy) is 2. The molecule has 1 saturated carbocycles. The van der Waals surface area contributed by atoms with Crippen LogP contribution in [0.3, 0.4) is 0 Å². The van der Waals surface area contributed by atoms with Crippen LogP contribution >= 0.6 is 11.6 Å². The van der Waals surface area contributed by atoms with Crippen molar-refractivity contribution in [2.75, 3.05) is 6.61 Å². The van der Waals surface area contributed by atoms with E-state index in [0.717, 1.165) is 57.8 Å². The van der Waals surface area contributed by atoms with E-state index in [1.807, 2.05) is 12.1 Å². The lowest BCUT2D eigenvalue weighted by molar-refractivity contribution is -0.143. The Morgan fingerprint density at radius 1 is 0.732 bits per heavy atom. The van der Waals surface area contributed by atoms with Crippen molar-refractivity contribution in [3.05, 3.63) is 81.6 Å². The fourth-order valence-electron chi connectivity index (χ4n) is 5.94. The molecular formula is C34H39ClO6. The average Bonchev–Trinajstić information content (AvgIpc) is 2.98. The number of hydrogen-bond donors (Lipinski definition) is 0. The van der Waals surface area contributed by atoms with Crippen molar-refractivity contribution in [2.24, 2.45) is 5.92 Å². The van der Waals surface area contributed by atoms with E-state index < -0.39 is 5.97 Å². The molecule has 0 amide bonds.